The van der Waals surface area contributed by atoms with Gasteiger partial charge in [-0.15, -0.1) is 0 Å². The molecule has 0 aromatic carbocycles. The van der Waals surface area contributed by atoms with Gasteiger partial charge in [0.15, 0.2) is 0 Å². The molecule has 8 nitrogen and oxygen atoms in total. The van der Waals surface area contributed by atoms with E-state index in [9.17, 15) is 9.59 Å². The first-order valence-electron chi connectivity index (χ1n) is 7.77. The molecule has 2 saturated heterocycles. The van der Waals surface area contributed by atoms with Gasteiger partial charge in [0.25, 0.3) is 0 Å². The Morgan fingerprint density at radius 1 is 1.13 bits per heavy atom. The molecule has 3 amide bonds. The molecule has 120 valence electrons. The van der Waals surface area contributed by atoms with Gasteiger partial charge in [-0.05, 0) is 12.1 Å². The molecule has 2 fully saturated rings. The Labute approximate surface area is 133 Å². The van der Waals surface area contributed by atoms with E-state index in [-0.39, 0.29) is 12.3 Å². The number of nitrogens with zero attached hydrogens (tertiary/aromatic N) is 4. The molecule has 0 spiro atoms. The molecule has 0 saturated carbocycles. The van der Waals surface area contributed by atoms with Crippen molar-refractivity contribution in [3.05, 3.63) is 24.5 Å². The summed E-state index contributed by atoms with van der Waals surface area (Å²) in [5, 5.41) is 5.68. The van der Waals surface area contributed by atoms with E-state index in [1.165, 1.54) is 4.90 Å². The lowest BCUT2D eigenvalue weighted by molar-refractivity contribution is -0.120. The zero-order valence-corrected chi connectivity index (χ0v) is 12.7. The summed E-state index contributed by atoms with van der Waals surface area (Å²) in [7, 11) is 0. The molecule has 2 aliphatic heterocycles. The van der Waals surface area contributed by atoms with Crippen LogP contribution in [-0.2, 0) is 4.79 Å². The number of carbonyl (C=O) groups is 2. The standard InChI is InChI=1S/C15H18N6O2/c22-13-3-7-21(15(23)18-13)14-17-10-12-11(2-1-6-20(12)14)19-8-4-16-5-9-19/h1-2,6,10,16H,3-5,7-9H2,(H,18,22,23). The number of rotatable bonds is 2. The summed E-state index contributed by atoms with van der Waals surface area (Å²) >= 11 is 0. The van der Waals surface area contributed by atoms with Gasteiger partial charge in [-0.2, -0.15) is 0 Å². The third kappa shape index (κ3) is 2.40. The lowest BCUT2D eigenvalue weighted by Crippen LogP contribution is -2.50. The molecule has 8 heteroatoms. The van der Waals surface area contributed by atoms with Crippen molar-refractivity contribution in [2.75, 3.05) is 42.5 Å². The van der Waals surface area contributed by atoms with E-state index in [1.807, 2.05) is 16.7 Å². The molecular weight excluding hydrogens is 296 g/mol. The summed E-state index contributed by atoms with van der Waals surface area (Å²) in [6.45, 7) is 4.15. The average molecular weight is 314 g/mol. The summed E-state index contributed by atoms with van der Waals surface area (Å²) in [6, 6.07) is 3.62. The monoisotopic (exact) mass is 314 g/mol. The highest BCUT2D eigenvalue weighted by Gasteiger charge is 2.27. The minimum Gasteiger partial charge on any atom is -0.367 e. The van der Waals surface area contributed by atoms with Gasteiger partial charge in [0.05, 0.1) is 17.4 Å². The number of nitrogens with one attached hydrogen (secondary N) is 2. The number of urea groups is 1. The zero-order chi connectivity index (χ0) is 15.8. The Morgan fingerprint density at radius 3 is 2.74 bits per heavy atom. The highest BCUT2D eigenvalue weighted by Crippen LogP contribution is 2.26. The summed E-state index contributed by atoms with van der Waals surface area (Å²) in [5.41, 5.74) is 2.08. The predicted molar refractivity (Wildman–Crippen MR) is 85.8 cm³/mol. The van der Waals surface area contributed by atoms with Gasteiger partial charge in [-0.25, -0.2) is 9.78 Å². The minimum absolute atomic E-state index is 0.242. The maximum absolute atomic E-state index is 12.1. The number of aromatic nitrogens is 2. The maximum atomic E-state index is 12.1. The fraction of sp³-hybridized carbons (Fsp3) is 0.400. The normalized spacial score (nSPS) is 19.3. The van der Waals surface area contributed by atoms with Gasteiger partial charge >= 0.3 is 6.03 Å². The molecule has 2 N–H and O–H groups in total. The number of piperazine rings is 1. The van der Waals surface area contributed by atoms with E-state index in [1.54, 1.807) is 6.20 Å². The van der Waals surface area contributed by atoms with Crippen molar-refractivity contribution in [2.24, 2.45) is 0 Å². The SMILES string of the molecule is O=C1CCN(c2ncc3c(N4CCNCC4)cccn23)C(=O)N1. The van der Waals surface area contributed by atoms with Gasteiger partial charge < -0.3 is 10.2 Å². The topological polar surface area (TPSA) is 82.0 Å². The van der Waals surface area contributed by atoms with Crippen LogP contribution in [-0.4, -0.2) is 54.0 Å². The molecule has 0 bridgehead atoms. The van der Waals surface area contributed by atoms with Crippen molar-refractivity contribution in [3.8, 4) is 0 Å². The Balaban J connectivity index is 1.72. The first-order valence-corrected chi connectivity index (χ1v) is 7.77. The number of fused-ring (bicyclic) bond motifs is 1. The second kappa shape index (κ2) is 5.54. The smallest absolute Gasteiger partial charge is 0.330 e. The Bertz CT molecular complexity index is 764. The first kappa shape index (κ1) is 14.0. The van der Waals surface area contributed by atoms with E-state index in [2.05, 4.69) is 26.6 Å². The largest absolute Gasteiger partial charge is 0.367 e. The lowest BCUT2D eigenvalue weighted by Gasteiger charge is -2.30. The third-order valence-corrected chi connectivity index (χ3v) is 4.28. The number of amides is 3. The van der Waals surface area contributed by atoms with Crippen molar-refractivity contribution < 1.29 is 9.59 Å². The maximum Gasteiger partial charge on any atom is 0.330 e. The van der Waals surface area contributed by atoms with Crippen molar-refractivity contribution in [1.82, 2.24) is 20.0 Å². The summed E-state index contributed by atoms with van der Waals surface area (Å²) in [6.07, 6.45) is 3.97. The van der Waals surface area contributed by atoms with Crippen LogP contribution in [0.2, 0.25) is 0 Å². The highest BCUT2D eigenvalue weighted by molar-refractivity contribution is 6.05. The second-order valence-electron chi connectivity index (χ2n) is 5.70. The van der Waals surface area contributed by atoms with Crippen LogP contribution in [0.4, 0.5) is 16.4 Å². The molecular formula is C15H18N6O2. The Morgan fingerprint density at radius 2 is 1.96 bits per heavy atom. The fourth-order valence-electron chi connectivity index (χ4n) is 3.12. The molecule has 2 aromatic rings. The summed E-state index contributed by atoms with van der Waals surface area (Å²) in [5.74, 6) is 0.301. The number of hydrogen-bond donors (Lipinski definition) is 2. The van der Waals surface area contributed by atoms with Crippen LogP contribution in [0.1, 0.15) is 6.42 Å². The molecule has 0 atom stereocenters. The van der Waals surface area contributed by atoms with Gasteiger partial charge in [-0.3, -0.25) is 19.4 Å². The molecule has 2 aromatic heterocycles. The van der Waals surface area contributed by atoms with Crippen LogP contribution in [0.3, 0.4) is 0 Å². The first-order chi connectivity index (χ1) is 11.2. The van der Waals surface area contributed by atoms with Crippen molar-refractivity contribution in [3.63, 3.8) is 0 Å². The van der Waals surface area contributed by atoms with Crippen LogP contribution in [0.5, 0.6) is 0 Å². The molecule has 4 heterocycles. The molecule has 0 aliphatic carbocycles. The quantitative estimate of drug-likeness (QED) is 0.827. The van der Waals surface area contributed by atoms with Gasteiger partial charge in [0, 0.05) is 45.3 Å². The number of carbonyl (C=O) groups excluding carboxylic acids is 2. The number of anilines is 2. The zero-order valence-electron chi connectivity index (χ0n) is 12.7. The van der Waals surface area contributed by atoms with Gasteiger partial charge in [-0.1, -0.05) is 0 Å². The van der Waals surface area contributed by atoms with Crippen molar-refractivity contribution in [2.45, 2.75) is 6.42 Å². The molecule has 0 radical (unpaired) electrons. The van der Waals surface area contributed by atoms with E-state index in [4.69, 9.17) is 0 Å². The van der Waals surface area contributed by atoms with Crippen molar-refractivity contribution >= 4 is 29.1 Å². The third-order valence-electron chi connectivity index (χ3n) is 4.28. The van der Waals surface area contributed by atoms with Crippen LogP contribution in [0.25, 0.3) is 5.52 Å². The predicted octanol–water partition coefficient (Wildman–Crippen LogP) is 0.190. The van der Waals surface area contributed by atoms with Crippen LogP contribution < -0.4 is 20.4 Å². The Kier molecular flexibility index (Phi) is 3.38. The fourth-order valence-corrected chi connectivity index (χ4v) is 3.12. The van der Waals surface area contributed by atoms with Crippen LogP contribution in [0, 0.1) is 0 Å². The summed E-state index contributed by atoms with van der Waals surface area (Å²) < 4.78 is 1.91. The Hall–Kier alpha value is -2.61. The van der Waals surface area contributed by atoms with Crippen LogP contribution >= 0.6 is 0 Å². The lowest BCUT2D eigenvalue weighted by atomic mass is 10.2. The molecule has 23 heavy (non-hydrogen) atoms. The number of pyridine rings is 1. The van der Waals surface area contributed by atoms with Gasteiger partial charge in [0.1, 0.15) is 0 Å². The number of imidazole rings is 1. The van der Waals surface area contributed by atoms with E-state index >= 15 is 0 Å². The summed E-state index contributed by atoms with van der Waals surface area (Å²) in [4.78, 5) is 31.6. The highest BCUT2D eigenvalue weighted by atomic mass is 16.2. The molecule has 2 aliphatic rings. The number of imide groups is 1. The van der Waals surface area contributed by atoms with E-state index in [0.29, 0.717) is 12.5 Å². The molecule has 0 unspecified atom stereocenters. The average Bonchev–Trinajstić information content (AvgIpc) is 2.99. The van der Waals surface area contributed by atoms with E-state index in [0.717, 1.165) is 37.4 Å². The number of hydrogen-bond acceptors (Lipinski definition) is 5. The minimum atomic E-state index is -0.415. The van der Waals surface area contributed by atoms with Gasteiger partial charge in [0.2, 0.25) is 11.9 Å². The van der Waals surface area contributed by atoms with Crippen molar-refractivity contribution in [1.29, 1.82) is 0 Å². The van der Waals surface area contributed by atoms with E-state index < -0.39 is 6.03 Å². The molecule has 4 rings (SSSR count). The van der Waals surface area contributed by atoms with Crippen LogP contribution in [0.15, 0.2) is 24.5 Å². The second-order valence-corrected chi connectivity index (χ2v) is 5.70.